The summed E-state index contributed by atoms with van der Waals surface area (Å²) < 4.78 is 6.84. The molecule has 0 spiro atoms. The zero-order chi connectivity index (χ0) is 15.1. The second kappa shape index (κ2) is 8.47. The molecule has 2 aromatic carbocycles. The van der Waals surface area contributed by atoms with Gasteiger partial charge in [-0.2, -0.15) is 0 Å². The summed E-state index contributed by atoms with van der Waals surface area (Å²) in [5.41, 5.74) is 1.21. The van der Waals surface area contributed by atoms with Crippen LogP contribution in [0.15, 0.2) is 57.9 Å². The Morgan fingerprint density at radius 2 is 1.86 bits per heavy atom. The molecule has 2 nitrogen and oxygen atoms in total. The molecular weight excluding hydrogens is 346 g/mol. The fourth-order valence-electron chi connectivity index (χ4n) is 2.09. The van der Waals surface area contributed by atoms with E-state index in [-0.39, 0.29) is 6.04 Å². The quantitative estimate of drug-likeness (QED) is 0.705. The third kappa shape index (κ3) is 4.77. The number of benzene rings is 2. The first kappa shape index (κ1) is 16.4. The van der Waals surface area contributed by atoms with Gasteiger partial charge in [-0.25, -0.2) is 0 Å². The second-order valence-electron chi connectivity index (χ2n) is 4.58. The van der Waals surface area contributed by atoms with Crippen molar-refractivity contribution in [2.24, 2.45) is 0 Å². The van der Waals surface area contributed by atoms with E-state index in [0.29, 0.717) is 6.61 Å². The summed E-state index contributed by atoms with van der Waals surface area (Å²) in [6, 6.07) is 16.9. The summed E-state index contributed by atoms with van der Waals surface area (Å²) in [6.45, 7) is 2.70. The van der Waals surface area contributed by atoms with Crippen molar-refractivity contribution in [1.29, 1.82) is 0 Å². The molecule has 0 aliphatic carbocycles. The molecule has 21 heavy (non-hydrogen) atoms. The van der Waals surface area contributed by atoms with E-state index in [1.165, 1.54) is 10.5 Å². The number of hydrogen-bond acceptors (Lipinski definition) is 3. The van der Waals surface area contributed by atoms with Crippen molar-refractivity contribution in [3.8, 4) is 5.75 Å². The van der Waals surface area contributed by atoms with E-state index < -0.39 is 0 Å². The van der Waals surface area contributed by atoms with E-state index in [1.54, 1.807) is 0 Å². The zero-order valence-electron chi connectivity index (χ0n) is 12.3. The molecule has 0 aliphatic rings. The molecule has 0 aromatic heterocycles. The van der Waals surface area contributed by atoms with E-state index in [1.807, 2.05) is 37.9 Å². The van der Waals surface area contributed by atoms with Gasteiger partial charge < -0.3 is 10.1 Å². The molecule has 0 radical (unpaired) electrons. The molecule has 1 N–H and O–H groups in total. The predicted octanol–water partition coefficient (Wildman–Crippen LogP) is 4.90. The van der Waals surface area contributed by atoms with Crippen molar-refractivity contribution in [1.82, 2.24) is 5.32 Å². The highest BCUT2D eigenvalue weighted by molar-refractivity contribution is 9.10. The van der Waals surface area contributed by atoms with Crippen molar-refractivity contribution >= 4 is 27.7 Å². The summed E-state index contributed by atoms with van der Waals surface area (Å²) in [7, 11) is 2.00. The van der Waals surface area contributed by atoms with E-state index in [4.69, 9.17) is 4.74 Å². The van der Waals surface area contributed by atoms with Crippen molar-refractivity contribution in [3.63, 3.8) is 0 Å². The summed E-state index contributed by atoms with van der Waals surface area (Å²) in [5, 5.41) is 3.39. The van der Waals surface area contributed by atoms with Gasteiger partial charge >= 0.3 is 0 Å². The van der Waals surface area contributed by atoms with Crippen LogP contribution in [-0.4, -0.2) is 19.4 Å². The van der Waals surface area contributed by atoms with E-state index >= 15 is 0 Å². The lowest BCUT2D eigenvalue weighted by Gasteiger charge is -2.19. The Hall–Kier alpha value is -0.970. The molecular formula is C17H20BrNOS. The number of hydrogen-bond donors (Lipinski definition) is 1. The number of nitrogens with one attached hydrogen (secondary N) is 1. The van der Waals surface area contributed by atoms with Crippen molar-refractivity contribution in [3.05, 3.63) is 58.6 Å². The van der Waals surface area contributed by atoms with Crippen LogP contribution in [0.25, 0.3) is 0 Å². The van der Waals surface area contributed by atoms with Crippen LogP contribution in [0.5, 0.6) is 5.75 Å². The Morgan fingerprint density at radius 3 is 2.52 bits per heavy atom. The fraction of sp³-hybridized carbons (Fsp3) is 0.294. The number of thioether (sulfide) groups is 1. The first-order chi connectivity index (χ1) is 10.2. The van der Waals surface area contributed by atoms with Gasteiger partial charge in [0, 0.05) is 26.7 Å². The Bertz CT molecular complexity index is 559. The maximum atomic E-state index is 5.73. The van der Waals surface area contributed by atoms with Crippen LogP contribution in [0.3, 0.4) is 0 Å². The Morgan fingerprint density at radius 1 is 1.14 bits per heavy atom. The minimum atomic E-state index is 0.265. The Balaban J connectivity index is 2.07. The molecule has 0 bridgehead atoms. The van der Waals surface area contributed by atoms with Gasteiger partial charge in [-0.05, 0) is 44.3 Å². The average Bonchev–Trinajstić information content (AvgIpc) is 2.51. The van der Waals surface area contributed by atoms with Crippen molar-refractivity contribution in [2.45, 2.75) is 17.9 Å². The maximum Gasteiger partial charge on any atom is 0.124 e. The van der Waals surface area contributed by atoms with Crippen LogP contribution in [0.4, 0.5) is 0 Å². The summed E-state index contributed by atoms with van der Waals surface area (Å²) in [6.07, 6.45) is 0. The highest BCUT2D eigenvalue weighted by Gasteiger charge is 2.14. The van der Waals surface area contributed by atoms with Crippen molar-refractivity contribution < 1.29 is 4.74 Å². The monoisotopic (exact) mass is 365 g/mol. The lowest BCUT2D eigenvalue weighted by Crippen LogP contribution is -2.19. The van der Waals surface area contributed by atoms with Gasteiger partial charge in [-0.3, -0.25) is 0 Å². The molecule has 0 aliphatic heterocycles. The second-order valence-corrected chi connectivity index (χ2v) is 6.59. The Kier molecular flexibility index (Phi) is 6.61. The smallest absolute Gasteiger partial charge is 0.124 e. The summed E-state index contributed by atoms with van der Waals surface area (Å²) in [4.78, 5) is 1.27. The van der Waals surface area contributed by atoms with Gasteiger partial charge in [0.15, 0.2) is 0 Å². The third-order valence-corrected chi connectivity index (χ3v) is 4.81. The number of ether oxygens (including phenoxy) is 1. The SMILES string of the molecule is CCOc1ccccc1C(CSc1ccc(Br)cc1)NC. The predicted molar refractivity (Wildman–Crippen MR) is 94.3 cm³/mol. The van der Waals surface area contributed by atoms with Crippen LogP contribution >= 0.6 is 27.7 Å². The number of para-hydroxylation sites is 1. The molecule has 0 saturated heterocycles. The van der Waals surface area contributed by atoms with Gasteiger partial charge in [0.05, 0.1) is 6.61 Å². The van der Waals surface area contributed by atoms with Crippen LogP contribution in [0.1, 0.15) is 18.5 Å². The van der Waals surface area contributed by atoms with Gasteiger partial charge in [0.25, 0.3) is 0 Å². The zero-order valence-corrected chi connectivity index (χ0v) is 14.7. The molecule has 1 atom stereocenters. The fourth-order valence-corrected chi connectivity index (χ4v) is 3.39. The molecule has 1 unspecified atom stereocenters. The topological polar surface area (TPSA) is 21.3 Å². The van der Waals surface area contributed by atoms with Crippen LogP contribution < -0.4 is 10.1 Å². The van der Waals surface area contributed by atoms with Crippen molar-refractivity contribution in [2.75, 3.05) is 19.4 Å². The van der Waals surface area contributed by atoms with Gasteiger partial charge in [-0.15, -0.1) is 11.8 Å². The molecule has 0 fully saturated rings. The standard InChI is InChI=1S/C17H20BrNOS/c1-3-20-17-7-5-4-6-15(17)16(19-2)12-21-14-10-8-13(18)9-11-14/h4-11,16,19H,3,12H2,1-2H3. The number of halogens is 1. The molecule has 0 heterocycles. The molecule has 0 saturated carbocycles. The third-order valence-electron chi connectivity index (χ3n) is 3.17. The lowest BCUT2D eigenvalue weighted by molar-refractivity contribution is 0.333. The molecule has 4 heteroatoms. The molecule has 0 amide bonds. The first-order valence-electron chi connectivity index (χ1n) is 7.02. The highest BCUT2D eigenvalue weighted by atomic mass is 79.9. The van der Waals surface area contributed by atoms with Crippen LogP contribution in [-0.2, 0) is 0 Å². The molecule has 112 valence electrons. The van der Waals surface area contributed by atoms with Crippen LogP contribution in [0, 0.1) is 0 Å². The minimum Gasteiger partial charge on any atom is -0.494 e. The normalized spacial score (nSPS) is 12.1. The molecule has 2 aromatic rings. The minimum absolute atomic E-state index is 0.265. The van der Waals surface area contributed by atoms with E-state index in [2.05, 4.69) is 57.6 Å². The highest BCUT2D eigenvalue weighted by Crippen LogP contribution is 2.30. The maximum absolute atomic E-state index is 5.73. The average molecular weight is 366 g/mol. The summed E-state index contributed by atoms with van der Waals surface area (Å²) >= 11 is 5.31. The number of rotatable bonds is 7. The van der Waals surface area contributed by atoms with Gasteiger partial charge in [0.2, 0.25) is 0 Å². The lowest BCUT2D eigenvalue weighted by atomic mass is 10.1. The first-order valence-corrected chi connectivity index (χ1v) is 8.79. The largest absolute Gasteiger partial charge is 0.494 e. The van der Waals surface area contributed by atoms with E-state index in [9.17, 15) is 0 Å². The van der Waals surface area contributed by atoms with E-state index in [0.717, 1.165) is 16.0 Å². The Labute approximate surface area is 139 Å². The van der Waals surface area contributed by atoms with Gasteiger partial charge in [-0.1, -0.05) is 34.1 Å². The molecule has 2 rings (SSSR count). The van der Waals surface area contributed by atoms with Gasteiger partial charge in [0.1, 0.15) is 5.75 Å². The summed E-state index contributed by atoms with van der Waals surface area (Å²) in [5.74, 6) is 1.93. The van der Waals surface area contributed by atoms with Crippen LogP contribution in [0.2, 0.25) is 0 Å².